The number of rotatable bonds is 6. The zero-order valence-corrected chi connectivity index (χ0v) is 20.3. The van der Waals surface area contributed by atoms with E-state index in [9.17, 15) is 22.8 Å². The second-order valence-corrected chi connectivity index (χ2v) is 9.34. The van der Waals surface area contributed by atoms with Gasteiger partial charge < -0.3 is 15.0 Å². The number of hydrogen-bond acceptors (Lipinski definition) is 4. The number of hydrogen-bond donors (Lipinski definition) is 1. The Morgan fingerprint density at radius 3 is 2.52 bits per heavy atom. The lowest BCUT2D eigenvalue weighted by Crippen LogP contribution is -2.45. The Hall–Kier alpha value is -2.20. The van der Waals surface area contributed by atoms with Crippen LogP contribution in [0, 0.1) is 12.8 Å². The highest BCUT2D eigenvalue weighted by atomic mass is 79.9. The van der Waals surface area contributed by atoms with E-state index in [0.717, 1.165) is 5.57 Å². The van der Waals surface area contributed by atoms with Crippen LogP contribution in [0.3, 0.4) is 0 Å². The summed E-state index contributed by atoms with van der Waals surface area (Å²) in [5.74, 6) is -1.34. The van der Waals surface area contributed by atoms with Crippen molar-refractivity contribution >= 4 is 39.1 Å². The molecule has 180 valence electrons. The third kappa shape index (κ3) is 6.44. The number of aliphatic imine (C=N–C) groups is 1. The number of halogens is 4. The van der Waals surface area contributed by atoms with Crippen LogP contribution in [-0.4, -0.2) is 56.0 Å². The quantitative estimate of drug-likeness (QED) is 0.584. The number of dihydropyridines is 1. The van der Waals surface area contributed by atoms with Crippen LogP contribution in [0.4, 0.5) is 18.9 Å². The number of alkyl halides is 3. The summed E-state index contributed by atoms with van der Waals surface area (Å²) in [5.41, 5.74) is 2.47. The zero-order chi connectivity index (χ0) is 24.3. The van der Waals surface area contributed by atoms with E-state index in [1.807, 2.05) is 0 Å². The van der Waals surface area contributed by atoms with Gasteiger partial charge in [0, 0.05) is 47.2 Å². The third-order valence-corrected chi connectivity index (χ3v) is 6.38. The minimum atomic E-state index is -4.40. The normalized spacial score (nSPS) is 19.7. The van der Waals surface area contributed by atoms with E-state index in [-0.39, 0.29) is 24.1 Å². The maximum Gasteiger partial charge on any atom is 0.405 e. The molecule has 0 aliphatic carbocycles. The molecule has 6 nitrogen and oxygen atoms in total. The number of carbonyl (C=O) groups excluding carboxylic acids is 2. The smallest absolute Gasteiger partial charge is 0.381 e. The number of anilines is 1. The average Bonchev–Trinajstić information content (AvgIpc) is 2.72. The second kappa shape index (κ2) is 10.4. The van der Waals surface area contributed by atoms with Gasteiger partial charge in [-0.15, -0.1) is 0 Å². The fraction of sp³-hybridized carbons (Fsp3) is 0.522. The van der Waals surface area contributed by atoms with Crippen molar-refractivity contribution in [3.8, 4) is 0 Å². The summed E-state index contributed by atoms with van der Waals surface area (Å²) in [6.07, 6.45) is -1.67. The Kier molecular flexibility index (Phi) is 8.00. The van der Waals surface area contributed by atoms with E-state index in [1.165, 1.54) is 4.90 Å². The molecule has 3 rings (SSSR count). The number of allylic oxidation sites excluding steroid dienone is 1. The van der Waals surface area contributed by atoms with Crippen LogP contribution in [0.5, 0.6) is 0 Å². The topological polar surface area (TPSA) is 71.0 Å². The summed E-state index contributed by atoms with van der Waals surface area (Å²) in [6.45, 7) is 4.90. The van der Waals surface area contributed by atoms with Gasteiger partial charge in [-0.05, 0) is 57.4 Å². The van der Waals surface area contributed by atoms with Crippen LogP contribution in [0.1, 0.15) is 42.6 Å². The maximum atomic E-state index is 13.5. The number of nitrogens with zero attached hydrogens (tertiary/aromatic N) is 2. The molecule has 2 aliphatic rings. The first-order valence-corrected chi connectivity index (χ1v) is 11.5. The van der Waals surface area contributed by atoms with Gasteiger partial charge in [-0.2, -0.15) is 13.2 Å². The summed E-state index contributed by atoms with van der Waals surface area (Å²) in [6, 6.07) is 2.85. The predicted octanol–water partition coefficient (Wildman–Crippen LogP) is 4.60. The van der Waals surface area contributed by atoms with Crippen molar-refractivity contribution in [1.82, 2.24) is 5.32 Å². The standard InChI is InChI=1S/C23H27BrF3N3O3/c1-13-8-14(2)29-22(32)19(13)11-28-21(31)18-9-16(24)10-20(15(18)3)30(12-23(25,26)27)17-4-6-33-7-5-17/h8-10,17,19H,4-7,11-12H2,1-3H3,(H,28,31). The molecule has 1 unspecified atom stereocenters. The molecule has 2 amide bonds. The van der Waals surface area contributed by atoms with Crippen molar-refractivity contribution in [1.29, 1.82) is 0 Å². The molecular formula is C23H27BrF3N3O3. The number of benzene rings is 1. The van der Waals surface area contributed by atoms with Crippen molar-refractivity contribution in [2.24, 2.45) is 10.9 Å². The molecule has 0 saturated carbocycles. The molecule has 1 N–H and O–H groups in total. The van der Waals surface area contributed by atoms with E-state index in [2.05, 4.69) is 26.2 Å². The lowest BCUT2D eigenvalue weighted by molar-refractivity contribution is -0.122. The molecule has 1 aromatic rings. The van der Waals surface area contributed by atoms with Crippen LogP contribution in [0.25, 0.3) is 0 Å². The Balaban J connectivity index is 1.86. The van der Waals surface area contributed by atoms with E-state index < -0.39 is 24.5 Å². The predicted molar refractivity (Wildman–Crippen MR) is 124 cm³/mol. The number of ether oxygens (including phenoxy) is 1. The molecule has 33 heavy (non-hydrogen) atoms. The highest BCUT2D eigenvalue weighted by Crippen LogP contribution is 2.34. The highest BCUT2D eigenvalue weighted by molar-refractivity contribution is 9.10. The number of carbonyl (C=O) groups is 2. The van der Waals surface area contributed by atoms with Crippen molar-refractivity contribution in [3.05, 3.63) is 39.4 Å². The van der Waals surface area contributed by atoms with Crippen LogP contribution in [0.2, 0.25) is 0 Å². The van der Waals surface area contributed by atoms with Crippen molar-refractivity contribution in [3.63, 3.8) is 0 Å². The van der Waals surface area contributed by atoms with Crippen LogP contribution in [0.15, 0.2) is 33.2 Å². The molecule has 0 aromatic heterocycles. The van der Waals surface area contributed by atoms with Gasteiger partial charge in [0.1, 0.15) is 6.54 Å². The van der Waals surface area contributed by atoms with Gasteiger partial charge in [0.05, 0.1) is 5.92 Å². The molecular weight excluding hydrogens is 503 g/mol. The summed E-state index contributed by atoms with van der Waals surface area (Å²) in [7, 11) is 0. The number of nitrogens with one attached hydrogen (secondary N) is 1. The Labute approximate surface area is 199 Å². The average molecular weight is 530 g/mol. The molecule has 2 heterocycles. The Morgan fingerprint density at radius 1 is 1.24 bits per heavy atom. The monoisotopic (exact) mass is 529 g/mol. The number of amides is 2. The van der Waals surface area contributed by atoms with E-state index in [0.29, 0.717) is 47.5 Å². The van der Waals surface area contributed by atoms with Crippen LogP contribution < -0.4 is 10.2 Å². The van der Waals surface area contributed by atoms with Crippen LogP contribution >= 0.6 is 15.9 Å². The Morgan fingerprint density at radius 2 is 1.91 bits per heavy atom. The lowest BCUT2D eigenvalue weighted by atomic mass is 9.95. The summed E-state index contributed by atoms with van der Waals surface area (Å²) >= 11 is 3.35. The SMILES string of the molecule is CC1=CC(C)=NC(=O)C1CNC(=O)c1cc(Br)cc(N(CC(F)(F)F)C2CCOCC2)c1C. The van der Waals surface area contributed by atoms with Gasteiger partial charge in [-0.3, -0.25) is 9.59 Å². The van der Waals surface area contributed by atoms with Crippen LogP contribution in [-0.2, 0) is 9.53 Å². The molecule has 2 aliphatic heterocycles. The molecule has 1 aromatic carbocycles. The first-order chi connectivity index (χ1) is 15.5. The minimum Gasteiger partial charge on any atom is -0.381 e. The van der Waals surface area contributed by atoms with Gasteiger partial charge in [-0.1, -0.05) is 21.5 Å². The lowest BCUT2D eigenvalue weighted by Gasteiger charge is -2.37. The molecule has 10 heteroatoms. The molecule has 1 atom stereocenters. The molecule has 0 bridgehead atoms. The van der Waals surface area contributed by atoms with Crippen molar-refractivity contribution in [2.45, 2.75) is 45.8 Å². The third-order valence-electron chi connectivity index (χ3n) is 5.92. The fourth-order valence-electron chi connectivity index (χ4n) is 4.25. The van der Waals surface area contributed by atoms with Gasteiger partial charge in [0.2, 0.25) is 0 Å². The largest absolute Gasteiger partial charge is 0.405 e. The minimum absolute atomic E-state index is 0.0598. The van der Waals surface area contributed by atoms with E-state index in [1.54, 1.807) is 39.0 Å². The molecule has 0 radical (unpaired) electrons. The van der Waals surface area contributed by atoms with Gasteiger partial charge in [0.15, 0.2) is 0 Å². The zero-order valence-electron chi connectivity index (χ0n) is 18.8. The molecule has 1 fully saturated rings. The van der Waals surface area contributed by atoms with Crippen molar-refractivity contribution < 1.29 is 27.5 Å². The molecule has 0 spiro atoms. The van der Waals surface area contributed by atoms with E-state index in [4.69, 9.17) is 4.74 Å². The van der Waals surface area contributed by atoms with Gasteiger partial charge in [-0.25, -0.2) is 4.99 Å². The first-order valence-electron chi connectivity index (χ1n) is 10.7. The van der Waals surface area contributed by atoms with Crippen molar-refractivity contribution in [2.75, 3.05) is 31.2 Å². The fourth-order valence-corrected chi connectivity index (χ4v) is 4.69. The van der Waals surface area contributed by atoms with E-state index >= 15 is 0 Å². The first kappa shape index (κ1) is 25.4. The van der Waals surface area contributed by atoms with Gasteiger partial charge in [0.25, 0.3) is 11.8 Å². The molecule has 1 saturated heterocycles. The second-order valence-electron chi connectivity index (χ2n) is 8.43. The Bertz CT molecular complexity index is 985. The summed E-state index contributed by atoms with van der Waals surface area (Å²) in [5, 5.41) is 2.75. The summed E-state index contributed by atoms with van der Waals surface area (Å²) in [4.78, 5) is 30.5. The summed E-state index contributed by atoms with van der Waals surface area (Å²) < 4.78 is 46.2. The van der Waals surface area contributed by atoms with Gasteiger partial charge >= 0.3 is 6.18 Å². The highest BCUT2D eigenvalue weighted by Gasteiger charge is 2.36. The maximum absolute atomic E-state index is 13.5.